The summed E-state index contributed by atoms with van der Waals surface area (Å²) in [6.07, 6.45) is 3.05. The SMILES string of the molecule is CCn1ncc(NS(=O)(=O)c2ccc(C(=O)N3CCCC3)c(F)c2)n1. The molecule has 3 rings (SSSR count). The second-order valence-electron chi connectivity index (χ2n) is 5.66. The van der Waals surface area contributed by atoms with Crippen LogP contribution in [0.4, 0.5) is 10.2 Å². The highest BCUT2D eigenvalue weighted by molar-refractivity contribution is 7.92. The van der Waals surface area contributed by atoms with E-state index in [9.17, 15) is 17.6 Å². The molecule has 10 heteroatoms. The predicted octanol–water partition coefficient (Wildman–Crippen LogP) is 1.47. The van der Waals surface area contributed by atoms with Crippen LogP contribution in [0.5, 0.6) is 0 Å². The van der Waals surface area contributed by atoms with E-state index in [0.717, 1.165) is 18.9 Å². The van der Waals surface area contributed by atoms with E-state index < -0.39 is 21.7 Å². The van der Waals surface area contributed by atoms with E-state index in [0.29, 0.717) is 19.6 Å². The fraction of sp³-hybridized carbons (Fsp3) is 0.400. The van der Waals surface area contributed by atoms with Gasteiger partial charge in [0.2, 0.25) is 0 Å². The van der Waals surface area contributed by atoms with Gasteiger partial charge in [-0.1, -0.05) is 0 Å². The van der Waals surface area contributed by atoms with Gasteiger partial charge in [0.25, 0.3) is 15.9 Å². The molecule has 25 heavy (non-hydrogen) atoms. The van der Waals surface area contributed by atoms with E-state index in [1.165, 1.54) is 23.1 Å². The maximum absolute atomic E-state index is 14.3. The highest BCUT2D eigenvalue weighted by Gasteiger charge is 2.24. The van der Waals surface area contributed by atoms with Crippen LogP contribution in [0, 0.1) is 5.82 Å². The summed E-state index contributed by atoms with van der Waals surface area (Å²) in [4.78, 5) is 14.9. The van der Waals surface area contributed by atoms with E-state index >= 15 is 0 Å². The Balaban J connectivity index is 1.82. The quantitative estimate of drug-likeness (QED) is 0.863. The summed E-state index contributed by atoms with van der Waals surface area (Å²) in [6.45, 7) is 3.48. The molecular formula is C15H18FN5O3S. The summed E-state index contributed by atoms with van der Waals surface area (Å²) in [6, 6.07) is 3.25. The van der Waals surface area contributed by atoms with E-state index in [-0.39, 0.29) is 16.3 Å². The van der Waals surface area contributed by atoms with Crippen molar-refractivity contribution >= 4 is 21.7 Å². The predicted molar refractivity (Wildman–Crippen MR) is 88.0 cm³/mol. The number of amides is 1. The Hall–Kier alpha value is -2.49. The first kappa shape index (κ1) is 17.3. The molecule has 1 amide bonds. The molecular weight excluding hydrogens is 349 g/mol. The number of carbonyl (C=O) groups excluding carboxylic acids is 1. The van der Waals surface area contributed by atoms with Crippen molar-refractivity contribution in [2.45, 2.75) is 31.2 Å². The molecule has 0 saturated carbocycles. The fourth-order valence-corrected chi connectivity index (χ4v) is 3.61. The molecule has 1 fully saturated rings. The van der Waals surface area contributed by atoms with Crippen LogP contribution >= 0.6 is 0 Å². The van der Waals surface area contributed by atoms with Crippen LogP contribution in [-0.4, -0.2) is 47.3 Å². The smallest absolute Gasteiger partial charge is 0.263 e. The molecule has 1 saturated heterocycles. The zero-order chi connectivity index (χ0) is 18.0. The van der Waals surface area contributed by atoms with Crippen LogP contribution in [0.1, 0.15) is 30.1 Å². The number of sulfonamides is 1. The molecule has 0 unspecified atom stereocenters. The van der Waals surface area contributed by atoms with Gasteiger partial charge in [-0.05, 0) is 38.0 Å². The topological polar surface area (TPSA) is 97.2 Å². The Labute approximate surface area is 144 Å². The van der Waals surface area contributed by atoms with Crippen LogP contribution in [-0.2, 0) is 16.6 Å². The number of aryl methyl sites for hydroxylation is 1. The van der Waals surface area contributed by atoms with Crippen molar-refractivity contribution < 1.29 is 17.6 Å². The number of carbonyl (C=O) groups is 1. The molecule has 1 aromatic heterocycles. The molecule has 0 atom stereocenters. The van der Waals surface area contributed by atoms with Gasteiger partial charge >= 0.3 is 0 Å². The molecule has 8 nitrogen and oxygen atoms in total. The number of nitrogens with one attached hydrogen (secondary N) is 1. The van der Waals surface area contributed by atoms with Crippen LogP contribution < -0.4 is 4.72 Å². The lowest BCUT2D eigenvalue weighted by Gasteiger charge is -2.16. The van der Waals surface area contributed by atoms with Crippen molar-refractivity contribution in [2.24, 2.45) is 0 Å². The van der Waals surface area contributed by atoms with Gasteiger partial charge < -0.3 is 4.90 Å². The molecule has 1 aliphatic heterocycles. The second-order valence-corrected chi connectivity index (χ2v) is 7.35. The molecule has 1 aliphatic rings. The first-order chi connectivity index (χ1) is 11.9. The third-order valence-corrected chi connectivity index (χ3v) is 5.29. The monoisotopic (exact) mass is 367 g/mol. The summed E-state index contributed by atoms with van der Waals surface area (Å²) >= 11 is 0. The summed E-state index contributed by atoms with van der Waals surface area (Å²) in [5.41, 5.74) is -0.127. The minimum atomic E-state index is -4.02. The number of benzene rings is 1. The minimum absolute atomic E-state index is 0.0412. The van der Waals surface area contributed by atoms with Gasteiger partial charge in [-0.3, -0.25) is 9.52 Å². The average molecular weight is 367 g/mol. The third-order valence-electron chi connectivity index (χ3n) is 3.93. The van der Waals surface area contributed by atoms with Gasteiger partial charge in [-0.25, -0.2) is 12.8 Å². The van der Waals surface area contributed by atoms with Crippen molar-refractivity contribution in [3.8, 4) is 0 Å². The number of nitrogens with zero attached hydrogens (tertiary/aromatic N) is 4. The van der Waals surface area contributed by atoms with Crippen LogP contribution in [0.15, 0.2) is 29.3 Å². The molecule has 0 aliphatic carbocycles. The molecule has 0 spiro atoms. The maximum Gasteiger partial charge on any atom is 0.263 e. The van der Waals surface area contributed by atoms with Crippen molar-refractivity contribution in [2.75, 3.05) is 17.8 Å². The average Bonchev–Trinajstić information content (AvgIpc) is 3.25. The summed E-state index contributed by atoms with van der Waals surface area (Å²) in [7, 11) is -4.02. The summed E-state index contributed by atoms with van der Waals surface area (Å²) in [5.74, 6) is -1.24. The van der Waals surface area contributed by atoms with Crippen LogP contribution in [0.3, 0.4) is 0 Å². The van der Waals surface area contributed by atoms with Crippen LogP contribution in [0.2, 0.25) is 0 Å². The lowest BCUT2D eigenvalue weighted by atomic mass is 10.2. The van der Waals surface area contributed by atoms with Crippen molar-refractivity contribution in [3.05, 3.63) is 35.8 Å². The molecule has 2 aromatic rings. The largest absolute Gasteiger partial charge is 0.339 e. The minimum Gasteiger partial charge on any atom is -0.339 e. The van der Waals surface area contributed by atoms with E-state index in [4.69, 9.17) is 0 Å². The van der Waals surface area contributed by atoms with E-state index in [1.54, 1.807) is 4.90 Å². The van der Waals surface area contributed by atoms with Gasteiger partial charge in [0.05, 0.1) is 23.2 Å². The zero-order valence-electron chi connectivity index (χ0n) is 13.6. The maximum atomic E-state index is 14.3. The Morgan fingerprint density at radius 1 is 1.32 bits per heavy atom. The van der Waals surface area contributed by atoms with Gasteiger partial charge in [0.15, 0.2) is 5.82 Å². The molecule has 1 aromatic carbocycles. The molecule has 2 heterocycles. The number of likely N-dealkylation sites (tertiary alicyclic amines) is 1. The van der Waals surface area contributed by atoms with E-state index in [1.807, 2.05) is 6.92 Å². The summed E-state index contributed by atoms with van der Waals surface area (Å²) in [5, 5.41) is 7.79. The third kappa shape index (κ3) is 3.63. The standard InChI is InChI=1S/C15H18FN5O3S/c1-2-21-17-10-14(18-21)19-25(23,24)11-5-6-12(13(16)9-11)15(22)20-7-3-4-8-20/h5-6,9-10H,2-4,7-8H2,1H3,(H,18,19). The van der Waals surface area contributed by atoms with Crippen molar-refractivity contribution in [1.29, 1.82) is 0 Å². The molecule has 1 N–H and O–H groups in total. The lowest BCUT2D eigenvalue weighted by molar-refractivity contribution is 0.0788. The highest BCUT2D eigenvalue weighted by Crippen LogP contribution is 2.20. The summed E-state index contributed by atoms with van der Waals surface area (Å²) < 4.78 is 41.2. The number of rotatable bonds is 5. The zero-order valence-corrected chi connectivity index (χ0v) is 14.5. The Morgan fingerprint density at radius 2 is 2.04 bits per heavy atom. The van der Waals surface area contributed by atoms with Crippen molar-refractivity contribution in [1.82, 2.24) is 19.9 Å². The highest BCUT2D eigenvalue weighted by atomic mass is 32.2. The van der Waals surface area contributed by atoms with Crippen molar-refractivity contribution in [3.63, 3.8) is 0 Å². The Bertz CT molecular complexity index is 890. The molecule has 0 radical (unpaired) electrons. The number of anilines is 1. The van der Waals surface area contributed by atoms with Gasteiger partial charge in [0.1, 0.15) is 5.82 Å². The molecule has 0 bridgehead atoms. The second kappa shape index (κ2) is 6.79. The fourth-order valence-electron chi connectivity index (χ4n) is 2.62. The lowest BCUT2D eigenvalue weighted by Crippen LogP contribution is -2.28. The number of aromatic nitrogens is 3. The number of halogens is 1. The van der Waals surface area contributed by atoms with Gasteiger partial charge in [0, 0.05) is 13.1 Å². The molecule has 134 valence electrons. The van der Waals surface area contributed by atoms with E-state index in [2.05, 4.69) is 14.9 Å². The van der Waals surface area contributed by atoms with Gasteiger partial charge in [-0.2, -0.15) is 9.90 Å². The Kier molecular flexibility index (Phi) is 4.71. The Morgan fingerprint density at radius 3 is 2.64 bits per heavy atom. The first-order valence-electron chi connectivity index (χ1n) is 7.92. The first-order valence-corrected chi connectivity index (χ1v) is 9.41. The van der Waals surface area contributed by atoms with Gasteiger partial charge in [-0.15, -0.1) is 5.10 Å². The van der Waals surface area contributed by atoms with Crippen LogP contribution in [0.25, 0.3) is 0 Å². The number of hydrogen-bond acceptors (Lipinski definition) is 5. The number of hydrogen-bond donors (Lipinski definition) is 1. The normalized spacial score (nSPS) is 14.7.